The topological polar surface area (TPSA) is 118 Å². The summed E-state index contributed by atoms with van der Waals surface area (Å²) in [6.07, 6.45) is 0. The SMILES string of the molecule is CCOC(=O)[C@H](c1cccc(C#N)c1)N(C)C.CN(C)[C@H](C(=O)O)c1cccc(C#N)c1. The van der Waals surface area contributed by atoms with Crippen molar-refractivity contribution in [1.82, 2.24) is 9.80 Å². The Morgan fingerprint density at radius 3 is 1.69 bits per heavy atom. The molecular weight excluding hydrogens is 408 g/mol. The molecule has 168 valence electrons. The van der Waals surface area contributed by atoms with E-state index < -0.39 is 18.1 Å². The van der Waals surface area contributed by atoms with Crippen LogP contribution in [0, 0.1) is 22.7 Å². The zero-order valence-electron chi connectivity index (χ0n) is 18.9. The summed E-state index contributed by atoms with van der Waals surface area (Å²) in [5.74, 6) is -1.22. The van der Waals surface area contributed by atoms with Gasteiger partial charge in [0, 0.05) is 0 Å². The fourth-order valence-corrected chi connectivity index (χ4v) is 3.08. The lowest BCUT2D eigenvalue weighted by atomic mass is 10.0. The maximum absolute atomic E-state index is 11.8. The summed E-state index contributed by atoms with van der Waals surface area (Å²) in [6.45, 7) is 2.12. The van der Waals surface area contributed by atoms with Crippen molar-refractivity contribution in [2.24, 2.45) is 0 Å². The van der Waals surface area contributed by atoms with Crippen molar-refractivity contribution >= 4 is 11.9 Å². The van der Waals surface area contributed by atoms with Gasteiger partial charge in [-0.05, 0) is 70.5 Å². The van der Waals surface area contributed by atoms with Crippen molar-refractivity contribution in [1.29, 1.82) is 10.5 Å². The lowest BCUT2D eigenvalue weighted by Gasteiger charge is -2.22. The van der Waals surface area contributed by atoms with Crippen molar-refractivity contribution < 1.29 is 19.4 Å². The number of nitrogens with zero attached hydrogens (tertiary/aromatic N) is 4. The Labute approximate surface area is 188 Å². The Balaban J connectivity index is 0.000000323. The number of carboxylic acids is 1. The quantitative estimate of drug-likeness (QED) is 0.658. The van der Waals surface area contributed by atoms with Gasteiger partial charge < -0.3 is 9.84 Å². The minimum absolute atomic E-state index is 0.299. The molecule has 0 heterocycles. The molecule has 2 aromatic rings. The second-order valence-electron chi connectivity index (χ2n) is 7.30. The Hall–Kier alpha value is -3.72. The van der Waals surface area contributed by atoms with Crippen LogP contribution in [0.1, 0.15) is 41.3 Å². The van der Waals surface area contributed by atoms with Crippen LogP contribution in [0.25, 0.3) is 0 Å². The van der Waals surface area contributed by atoms with Gasteiger partial charge in [-0.15, -0.1) is 0 Å². The number of aliphatic carboxylic acids is 1. The van der Waals surface area contributed by atoms with E-state index in [4.69, 9.17) is 20.4 Å². The molecule has 0 aliphatic heterocycles. The van der Waals surface area contributed by atoms with Crippen LogP contribution in [0.15, 0.2) is 48.5 Å². The largest absolute Gasteiger partial charge is 0.480 e. The van der Waals surface area contributed by atoms with E-state index in [-0.39, 0.29) is 5.97 Å². The summed E-state index contributed by atoms with van der Waals surface area (Å²) < 4.78 is 5.03. The van der Waals surface area contributed by atoms with Gasteiger partial charge in [0.2, 0.25) is 0 Å². The highest BCUT2D eigenvalue weighted by Crippen LogP contribution is 2.21. The molecule has 0 spiro atoms. The second-order valence-corrected chi connectivity index (χ2v) is 7.30. The monoisotopic (exact) mass is 436 g/mol. The molecule has 32 heavy (non-hydrogen) atoms. The van der Waals surface area contributed by atoms with Crippen molar-refractivity contribution in [3.63, 3.8) is 0 Å². The molecule has 8 heteroatoms. The number of esters is 1. The van der Waals surface area contributed by atoms with Crippen LogP contribution < -0.4 is 0 Å². The van der Waals surface area contributed by atoms with E-state index in [1.54, 1.807) is 87.4 Å². The number of carbonyl (C=O) groups excluding carboxylic acids is 1. The van der Waals surface area contributed by atoms with Crippen molar-refractivity contribution in [3.05, 3.63) is 70.8 Å². The molecule has 2 rings (SSSR count). The molecule has 0 aliphatic carbocycles. The van der Waals surface area contributed by atoms with E-state index in [2.05, 4.69) is 6.07 Å². The lowest BCUT2D eigenvalue weighted by molar-refractivity contribution is -0.149. The number of nitriles is 2. The van der Waals surface area contributed by atoms with Crippen molar-refractivity contribution in [2.45, 2.75) is 19.0 Å². The van der Waals surface area contributed by atoms with Crippen LogP contribution >= 0.6 is 0 Å². The summed E-state index contributed by atoms with van der Waals surface area (Å²) in [7, 11) is 7.00. The van der Waals surface area contributed by atoms with E-state index >= 15 is 0 Å². The summed E-state index contributed by atoms with van der Waals surface area (Å²) in [5.41, 5.74) is 2.40. The van der Waals surface area contributed by atoms with E-state index in [9.17, 15) is 9.59 Å². The molecule has 2 aromatic carbocycles. The molecule has 0 aliphatic rings. The number of carboxylic acid groups (broad SMARTS) is 1. The number of carbonyl (C=O) groups is 2. The Morgan fingerprint density at radius 2 is 1.34 bits per heavy atom. The van der Waals surface area contributed by atoms with Gasteiger partial charge in [0.1, 0.15) is 12.1 Å². The van der Waals surface area contributed by atoms with Gasteiger partial charge >= 0.3 is 11.9 Å². The Kier molecular flexibility index (Phi) is 10.6. The summed E-state index contributed by atoms with van der Waals surface area (Å²) in [5, 5.41) is 26.6. The maximum atomic E-state index is 11.8. The van der Waals surface area contributed by atoms with Crippen LogP contribution in [-0.2, 0) is 14.3 Å². The summed E-state index contributed by atoms with van der Waals surface area (Å²) >= 11 is 0. The first kappa shape index (κ1) is 26.3. The molecule has 0 radical (unpaired) electrons. The third-order valence-electron chi connectivity index (χ3n) is 4.44. The molecule has 8 nitrogen and oxygen atoms in total. The number of hydrogen-bond donors (Lipinski definition) is 1. The molecule has 0 saturated heterocycles. The minimum Gasteiger partial charge on any atom is -0.480 e. The zero-order valence-corrected chi connectivity index (χ0v) is 18.9. The van der Waals surface area contributed by atoms with E-state index in [1.165, 1.54) is 0 Å². The lowest BCUT2D eigenvalue weighted by Crippen LogP contribution is -2.29. The highest BCUT2D eigenvalue weighted by atomic mass is 16.5. The number of rotatable bonds is 7. The van der Waals surface area contributed by atoms with E-state index in [0.717, 1.165) is 5.56 Å². The molecule has 0 fully saturated rings. The summed E-state index contributed by atoms with van der Waals surface area (Å²) in [4.78, 5) is 26.2. The van der Waals surface area contributed by atoms with E-state index in [0.29, 0.717) is 23.3 Å². The van der Waals surface area contributed by atoms with Gasteiger partial charge in [-0.3, -0.25) is 14.6 Å². The number of benzene rings is 2. The molecule has 0 bridgehead atoms. The van der Waals surface area contributed by atoms with Crippen LogP contribution in [0.5, 0.6) is 0 Å². The zero-order chi connectivity index (χ0) is 24.3. The van der Waals surface area contributed by atoms with Crippen LogP contribution in [0.3, 0.4) is 0 Å². The first-order valence-corrected chi connectivity index (χ1v) is 9.88. The Bertz CT molecular complexity index is 1010. The van der Waals surface area contributed by atoms with Crippen LogP contribution in [0.2, 0.25) is 0 Å². The average Bonchev–Trinajstić information content (AvgIpc) is 2.74. The number of ether oxygens (including phenoxy) is 1. The third-order valence-corrected chi connectivity index (χ3v) is 4.44. The van der Waals surface area contributed by atoms with Gasteiger partial charge in [0.25, 0.3) is 0 Å². The molecule has 0 unspecified atom stereocenters. The minimum atomic E-state index is -0.921. The third kappa shape index (κ3) is 7.51. The van der Waals surface area contributed by atoms with E-state index in [1.807, 2.05) is 12.1 Å². The molecule has 0 saturated carbocycles. The average molecular weight is 437 g/mol. The highest BCUT2D eigenvalue weighted by molar-refractivity contribution is 5.77. The first-order chi connectivity index (χ1) is 15.2. The van der Waals surface area contributed by atoms with Gasteiger partial charge in [0.05, 0.1) is 29.9 Å². The van der Waals surface area contributed by atoms with Crippen molar-refractivity contribution in [2.75, 3.05) is 34.8 Å². The predicted molar refractivity (Wildman–Crippen MR) is 119 cm³/mol. The van der Waals surface area contributed by atoms with Gasteiger partial charge in [-0.25, -0.2) is 4.79 Å². The van der Waals surface area contributed by atoms with Crippen LogP contribution in [0.4, 0.5) is 0 Å². The molecule has 0 amide bonds. The standard InChI is InChI=1S/C13H16N2O2.C11H12N2O2/c1-4-17-13(16)12(15(2)3)11-7-5-6-10(8-11)9-14;1-13(2)10(11(14)15)9-5-3-4-8(6-9)7-12/h5-8,12H,4H2,1-3H3;3-6,10H,1-2H3,(H,14,15)/t12-;10-/m00/s1. The highest BCUT2D eigenvalue weighted by Gasteiger charge is 2.24. The second kappa shape index (κ2) is 12.9. The Morgan fingerprint density at radius 1 is 0.906 bits per heavy atom. The first-order valence-electron chi connectivity index (χ1n) is 9.88. The van der Waals surface area contributed by atoms with Gasteiger partial charge in [-0.1, -0.05) is 24.3 Å². The molecule has 2 atom stereocenters. The fourth-order valence-electron chi connectivity index (χ4n) is 3.08. The predicted octanol–water partition coefficient (Wildman–Crippen LogP) is 2.97. The maximum Gasteiger partial charge on any atom is 0.327 e. The molecular formula is C24H28N4O4. The molecule has 0 aromatic heterocycles. The number of likely N-dealkylation sites (N-methyl/N-ethyl adjacent to an activating group) is 2. The molecule has 1 N–H and O–H groups in total. The number of hydrogen-bond acceptors (Lipinski definition) is 7. The smallest absolute Gasteiger partial charge is 0.327 e. The summed E-state index contributed by atoms with van der Waals surface area (Å²) in [6, 6.07) is 16.5. The van der Waals surface area contributed by atoms with Gasteiger partial charge in [0.15, 0.2) is 0 Å². The fraction of sp³-hybridized carbons (Fsp3) is 0.333. The van der Waals surface area contributed by atoms with Gasteiger partial charge in [-0.2, -0.15) is 10.5 Å². The normalized spacial score (nSPS) is 12.0. The van der Waals surface area contributed by atoms with Crippen molar-refractivity contribution in [3.8, 4) is 12.1 Å². The van der Waals surface area contributed by atoms with Crippen LogP contribution in [-0.4, -0.2) is 61.6 Å².